The third-order valence-corrected chi connectivity index (χ3v) is 1.93. The Bertz CT molecular complexity index is 189. The summed E-state index contributed by atoms with van der Waals surface area (Å²) in [6.07, 6.45) is 0.359. The monoisotopic (exact) mass is 235 g/mol. The van der Waals surface area contributed by atoms with E-state index in [9.17, 15) is 9.59 Å². The minimum absolute atomic E-state index is 0.0914. The summed E-state index contributed by atoms with van der Waals surface area (Å²) in [7, 11) is 0. The van der Waals surface area contributed by atoms with Crippen molar-refractivity contribution in [2.24, 2.45) is 0 Å². The van der Waals surface area contributed by atoms with Crippen molar-refractivity contribution < 1.29 is 9.59 Å². The zero-order valence-corrected chi connectivity index (χ0v) is 9.19. The number of alkyl halides is 1. The normalized spacial score (nSPS) is 11.0. The van der Waals surface area contributed by atoms with Crippen molar-refractivity contribution in [2.75, 3.05) is 5.33 Å². The van der Waals surface area contributed by atoms with Gasteiger partial charge in [0.15, 0.2) is 0 Å². The maximum Gasteiger partial charge on any atom is 0.217 e. The molecular weight excluding hydrogens is 222 g/mol. The molecule has 0 aliphatic carbocycles. The van der Waals surface area contributed by atoms with Crippen LogP contribution in [0.2, 0.25) is 0 Å². The Morgan fingerprint density at radius 1 is 1.42 bits per heavy atom. The quantitative estimate of drug-likeness (QED) is 0.747. The van der Waals surface area contributed by atoms with E-state index in [4.69, 9.17) is 0 Å². The van der Waals surface area contributed by atoms with Crippen molar-refractivity contribution >= 4 is 27.6 Å². The zero-order valence-electron chi connectivity index (χ0n) is 7.61. The number of halogens is 1. The molecule has 12 heavy (non-hydrogen) atoms. The number of rotatable bonds is 4. The summed E-state index contributed by atoms with van der Waals surface area (Å²) in [5.74, 6) is -0.0175. The van der Waals surface area contributed by atoms with Gasteiger partial charge in [0.05, 0.1) is 5.33 Å². The lowest BCUT2D eigenvalue weighted by atomic mass is 9.98. The topological polar surface area (TPSA) is 46.2 Å². The number of hydrogen-bond donors (Lipinski definition) is 1. The van der Waals surface area contributed by atoms with Gasteiger partial charge >= 0.3 is 0 Å². The average Bonchev–Trinajstić information content (AvgIpc) is 1.83. The lowest BCUT2D eigenvalue weighted by Gasteiger charge is -2.24. The molecular formula is C8H14BrNO2. The highest BCUT2D eigenvalue weighted by molar-refractivity contribution is 9.09. The first kappa shape index (κ1) is 11.6. The van der Waals surface area contributed by atoms with Gasteiger partial charge < -0.3 is 5.32 Å². The fourth-order valence-corrected chi connectivity index (χ4v) is 1.26. The first-order valence-electron chi connectivity index (χ1n) is 3.74. The Hall–Kier alpha value is -0.380. The van der Waals surface area contributed by atoms with Gasteiger partial charge in [-0.2, -0.15) is 0 Å². The van der Waals surface area contributed by atoms with Gasteiger partial charge in [-0.3, -0.25) is 9.59 Å². The molecule has 0 rings (SSSR count). The molecule has 0 bridgehead atoms. The summed E-state index contributed by atoms with van der Waals surface area (Å²) in [5.41, 5.74) is -0.434. The van der Waals surface area contributed by atoms with Gasteiger partial charge in [0, 0.05) is 18.9 Å². The van der Waals surface area contributed by atoms with Gasteiger partial charge in [-0.1, -0.05) is 15.9 Å². The number of hydrogen-bond acceptors (Lipinski definition) is 2. The van der Waals surface area contributed by atoms with Gasteiger partial charge in [-0.15, -0.1) is 0 Å². The average molecular weight is 236 g/mol. The first-order valence-corrected chi connectivity index (χ1v) is 4.86. The number of carbonyl (C=O) groups is 2. The lowest BCUT2D eigenvalue weighted by molar-refractivity contribution is -0.121. The van der Waals surface area contributed by atoms with Gasteiger partial charge in [0.1, 0.15) is 5.78 Å². The number of ketones is 1. The zero-order chi connectivity index (χ0) is 9.78. The molecule has 0 atom stereocenters. The molecule has 4 heteroatoms. The first-order chi connectivity index (χ1) is 5.37. The van der Waals surface area contributed by atoms with Crippen LogP contribution in [-0.4, -0.2) is 22.6 Å². The van der Waals surface area contributed by atoms with E-state index < -0.39 is 5.54 Å². The lowest BCUT2D eigenvalue weighted by Crippen LogP contribution is -2.44. The highest BCUT2D eigenvalue weighted by Gasteiger charge is 2.21. The SMILES string of the molecule is CC(=O)NC(C)(C)CC(=O)CBr. The van der Waals surface area contributed by atoms with Crippen molar-refractivity contribution in [3.63, 3.8) is 0 Å². The van der Waals surface area contributed by atoms with E-state index in [1.165, 1.54) is 6.92 Å². The fourth-order valence-electron chi connectivity index (χ4n) is 1.06. The highest BCUT2D eigenvalue weighted by Crippen LogP contribution is 2.09. The molecule has 0 radical (unpaired) electrons. The molecule has 3 nitrogen and oxygen atoms in total. The van der Waals surface area contributed by atoms with Crippen LogP contribution in [-0.2, 0) is 9.59 Å². The molecule has 0 spiro atoms. The van der Waals surface area contributed by atoms with E-state index in [0.717, 1.165) is 0 Å². The van der Waals surface area contributed by atoms with Crippen LogP contribution in [0.4, 0.5) is 0 Å². The number of amides is 1. The van der Waals surface area contributed by atoms with Crippen molar-refractivity contribution in [1.29, 1.82) is 0 Å². The van der Waals surface area contributed by atoms with Crippen LogP contribution in [0.3, 0.4) is 0 Å². The van der Waals surface area contributed by atoms with Crippen LogP contribution in [0, 0.1) is 0 Å². The summed E-state index contributed by atoms with van der Waals surface area (Å²) in [5, 5.41) is 3.05. The smallest absolute Gasteiger partial charge is 0.217 e. The Morgan fingerprint density at radius 3 is 2.25 bits per heavy atom. The minimum Gasteiger partial charge on any atom is -0.351 e. The molecule has 0 aliphatic rings. The Kier molecular flexibility index (Phi) is 4.45. The summed E-state index contributed by atoms with van der Waals surface area (Å²) in [6, 6.07) is 0. The second kappa shape index (κ2) is 4.60. The molecule has 1 amide bonds. The van der Waals surface area contributed by atoms with Crippen molar-refractivity contribution in [2.45, 2.75) is 32.7 Å². The molecule has 0 aromatic rings. The predicted octanol–water partition coefficient (Wildman–Crippen LogP) is 1.26. The Labute approximate surface area is 81.0 Å². The van der Waals surface area contributed by atoms with E-state index >= 15 is 0 Å². The molecule has 0 aromatic carbocycles. The fraction of sp³-hybridized carbons (Fsp3) is 0.750. The van der Waals surface area contributed by atoms with E-state index in [-0.39, 0.29) is 11.7 Å². The van der Waals surface area contributed by atoms with Crippen LogP contribution < -0.4 is 5.32 Å². The van der Waals surface area contributed by atoms with Gasteiger partial charge in [-0.25, -0.2) is 0 Å². The third kappa shape index (κ3) is 5.29. The third-order valence-electron chi connectivity index (χ3n) is 1.30. The molecule has 0 saturated heterocycles. The van der Waals surface area contributed by atoms with E-state index in [1.54, 1.807) is 0 Å². The van der Waals surface area contributed by atoms with Crippen LogP contribution >= 0.6 is 15.9 Å². The standard InChI is InChI=1S/C8H14BrNO2/c1-6(11)10-8(2,3)4-7(12)5-9/h4-5H2,1-3H3,(H,10,11). The molecule has 1 N–H and O–H groups in total. The van der Waals surface area contributed by atoms with Crippen LogP contribution in [0.25, 0.3) is 0 Å². The van der Waals surface area contributed by atoms with Gasteiger partial charge in [0.2, 0.25) is 5.91 Å². The summed E-state index contributed by atoms with van der Waals surface area (Å²) in [6.45, 7) is 5.10. The molecule has 0 saturated carbocycles. The number of nitrogens with one attached hydrogen (secondary N) is 1. The Morgan fingerprint density at radius 2 is 1.92 bits per heavy atom. The molecule has 0 unspecified atom stereocenters. The van der Waals surface area contributed by atoms with Gasteiger partial charge in [-0.05, 0) is 13.8 Å². The van der Waals surface area contributed by atoms with Crippen molar-refractivity contribution in [3.05, 3.63) is 0 Å². The van der Waals surface area contributed by atoms with Crippen molar-refractivity contribution in [1.82, 2.24) is 5.32 Å². The summed E-state index contributed by atoms with van der Waals surface area (Å²) < 4.78 is 0. The maximum atomic E-state index is 11.0. The largest absolute Gasteiger partial charge is 0.351 e. The minimum atomic E-state index is -0.434. The Balaban J connectivity index is 4.03. The maximum absolute atomic E-state index is 11.0. The second-order valence-electron chi connectivity index (χ2n) is 3.41. The summed E-state index contributed by atoms with van der Waals surface area (Å²) >= 11 is 3.07. The van der Waals surface area contributed by atoms with E-state index in [0.29, 0.717) is 11.8 Å². The van der Waals surface area contributed by atoms with Crippen molar-refractivity contribution in [3.8, 4) is 0 Å². The highest BCUT2D eigenvalue weighted by atomic mass is 79.9. The molecule has 70 valence electrons. The predicted molar refractivity (Wildman–Crippen MR) is 51.3 cm³/mol. The summed E-state index contributed by atoms with van der Waals surface area (Å²) in [4.78, 5) is 21.7. The van der Waals surface area contributed by atoms with Crippen LogP contribution in [0.1, 0.15) is 27.2 Å². The second-order valence-corrected chi connectivity index (χ2v) is 3.97. The van der Waals surface area contributed by atoms with Crippen LogP contribution in [0.15, 0.2) is 0 Å². The van der Waals surface area contributed by atoms with Gasteiger partial charge in [0.25, 0.3) is 0 Å². The molecule has 0 aromatic heterocycles. The molecule has 0 fully saturated rings. The van der Waals surface area contributed by atoms with E-state index in [1.807, 2.05) is 13.8 Å². The number of Topliss-reactive ketones (excluding diaryl/α,β-unsaturated/α-hetero) is 1. The molecule has 0 aliphatic heterocycles. The molecule has 0 heterocycles. The van der Waals surface area contributed by atoms with E-state index in [2.05, 4.69) is 21.2 Å². The number of carbonyl (C=O) groups excluding carboxylic acids is 2. The van der Waals surface area contributed by atoms with Crippen LogP contribution in [0.5, 0.6) is 0 Å².